The Morgan fingerprint density at radius 3 is 2.48 bits per heavy atom. The summed E-state index contributed by atoms with van der Waals surface area (Å²) >= 11 is 0. The summed E-state index contributed by atoms with van der Waals surface area (Å²) in [5, 5.41) is 0. The normalized spacial score (nSPS) is 16.7. The van der Waals surface area contributed by atoms with Crippen LogP contribution in [0.4, 0.5) is 0 Å². The highest BCUT2D eigenvalue weighted by Crippen LogP contribution is 2.08. The Balaban J connectivity index is 1.99. The van der Waals surface area contributed by atoms with Crippen molar-refractivity contribution in [2.24, 2.45) is 0 Å². The minimum absolute atomic E-state index is 0.111. The van der Waals surface area contributed by atoms with Gasteiger partial charge in [0.25, 0.3) is 0 Å². The lowest BCUT2D eigenvalue weighted by atomic mass is 10.3. The number of aromatic nitrogens is 1. The third kappa shape index (κ3) is 5.26. The standard InChI is InChI=1S/C15H24N4O3S/c1-3-17-8-10-18(11-9-17)15(20)13-19(23(2,21)22)12-14-6-4-5-7-16-14/h4-7H,3,8-13H2,1-2H3. The zero-order valence-corrected chi connectivity index (χ0v) is 14.5. The van der Waals surface area contributed by atoms with Crippen LogP contribution in [0.15, 0.2) is 24.4 Å². The summed E-state index contributed by atoms with van der Waals surface area (Å²) in [5.74, 6) is -0.151. The van der Waals surface area contributed by atoms with Crippen molar-refractivity contribution in [2.75, 3.05) is 45.5 Å². The number of hydrogen-bond acceptors (Lipinski definition) is 5. The van der Waals surface area contributed by atoms with Crippen LogP contribution >= 0.6 is 0 Å². The van der Waals surface area contributed by atoms with E-state index in [0.717, 1.165) is 25.9 Å². The Bertz CT molecular complexity index is 613. The van der Waals surface area contributed by atoms with Gasteiger partial charge in [0.1, 0.15) is 0 Å². The number of carbonyl (C=O) groups excluding carboxylic acids is 1. The maximum absolute atomic E-state index is 12.4. The van der Waals surface area contributed by atoms with Crippen molar-refractivity contribution >= 4 is 15.9 Å². The number of amides is 1. The summed E-state index contributed by atoms with van der Waals surface area (Å²) in [6.45, 7) is 6.00. The van der Waals surface area contributed by atoms with Crippen molar-refractivity contribution in [2.45, 2.75) is 13.5 Å². The Labute approximate surface area is 137 Å². The van der Waals surface area contributed by atoms with E-state index in [1.54, 1.807) is 29.3 Å². The third-order valence-corrected chi connectivity index (χ3v) is 5.21. The molecule has 7 nitrogen and oxygen atoms in total. The van der Waals surface area contributed by atoms with Crippen LogP contribution in [0.5, 0.6) is 0 Å². The molecule has 8 heteroatoms. The van der Waals surface area contributed by atoms with Crippen molar-refractivity contribution in [3.63, 3.8) is 0 Å². The van der Waals surface area contributed by atoms with E-state index in [0.29, 0.717) is 18.8 Å². The predicted molar refractivity (Wildman–Crippen MR) is 88.2 cm³/mol. The molecule has 1 aliphatic rings. The fourth-order valence-electron chi connectivity index (χ4n) is 2.53. The van der Waals surface area contributed by atoms with Crippen LogP contribution in [0, 0.1) is 0 Å². The Morgan fingerprint density at radius 2 is 1.96 bits per heavy atom. The summed E-state index contributed by atoms with van der Waals surface area (Å²) in [6.07, 6.45) is 2.74. The van der Waals surface area contributed by atoms with Gasteiger partial charge in [-0.2, -0.15) is 4.31 Å². The first-order valence-corrected chi connectivity index (χ1v) is 9.60. The van der Waals surface area contributed by atoms with Crippen molar-refractivity contribution in [1.29, 1.82) is 0 Å². The van der Waals surface area contributed by atoms with E-state index in [2.05, 4.69) is 16.8 Å². The molecule has 0 bridgehead atoms. The van der Waals surface area contributed by atoms with Crippen LogP contribution in [0.3, 0.4) is 0 Å². The molecule has 0 unspecified atom stereocenters. The van der Waals surface area contributed by atoms with Crippen LogP contribution < -0.4 is 0 Å². The highest BCUT2D eigenvalue weighted by molar-refractivity contribution is 7.88. The number of pyridine rings is 1. The molecule has 0 radical (unpaired) electrons. The quantitative estimate of drug-likeness (QED) is 0.729. The maximum Gasteiger partial charge on any atom is 0.237 e. The summed E-state index contributed by atoms with van der Waals surface area (Å²) in [4.78, 5) is 20.6. The molecule has 128 valence electrons. The highest BCUT2D eigenvalue weighted by atomic mass is 32.2. The smallest absolute Gasteiger partial charge is 0.237 e. The van der Waals surface area contributed by atoms with E-state index in [9.17, 15) is 13.2 Å². The molecule has 0 aliphatic carbocycles. The van der Waals surface area contributed by atoms with Gasteiger partial charge >= 0.3 is 0 Å². The van der Waals surface area contributed by atoms with Crippen molar-refractivity contribution in [1.82, 2.24) is 19.1 Å². The largest absolute Gasteiger partial charge is 0.339 e. The Morgan fingerprint density at radius 1 is 1.26 bits per heavy atom. The van der Waals surface area contributed by atoms with E-state index >= 15 is 0 Å². The molecule has 0 spiro atoms. The van der Waals surface area contributed by atoms with Gasteiger partial charge in [0.2, 0.25) is 15.9 Å². The second kappa shape index (κ2) is 7.85. The lowest BCUT2D eigenvalue weighted by Crippen LogP contribution is -2.51. The van der Waals surface area contributed by atoms with Gasteiger partial charge in [0.15, 0.2) is 0 Å². The van der Waals surface area contributed by atoms with Crippen LogP contribution in [-0.4, -0.2) is 78.9 Å². The highest BCUT2D eigenvalue weighted by Gasteiger charge is 2.26. The first-order valence-electron chi connectivity index (χ1n) is 7.75. The summed E-state index contributed by atoms with van der Waals surface area (Å²) < 4.78 is 25.1. The maximum atomic E-state index is 12.4. The Hall–Kier alpha value is -1.51. The lowest BCUT2D eigenvalue weighted by molar-refractivity contribution is -0.133. The Kier molecular flexibility index (Phi) is 6.09. The van der Waals surface area contributed by atoms with Crippen LogP contribution in [0.25, 0.3) is 0 Å². The minimum atomic E-state index is -3.48. The minimum Gasteiger partial charge on any atom is -0.339 e. The van der Waals surface area contributed by atoms with E-state index < -0.39 is 10.0 Å². The zero-order valence-electron chi connectivity index (χ0n) is 13.7. The molecular weight excluding hydrogens is 316 g/mol. The number of likely N-dealkylation sites (N-methyl/N-ethyl adjacent to an activating group) is 1. The van der Waals surface area contributed by atoms with Gasteiger partial charge in [0, 0.05) is 32.4 Å². The van der Waals surface area contributed by atoms with Crippen LogP contribution in [-0.2, 0) is 21.4 Å². The molecule has 2 heterocycles. The molecule has 23 heavy (non-hydrogen) atoms. The lowest BCUT2D eigenvalue weighted by Gasteiger charge is -2.35. The SMILES string of the molecule is CCN1CCN(C(=O)CN(Cc2ccccn2)S(C)(=O)=O)CC1. The first kappa shape index (κ1) is 17.8. The van der Waals surface area contributed by atoms with Crippen molar-refractivity contribution in [3.05, 3.63) is 30.1 Å². The molecule has 0 N–H and O–H groups in total. The van der Waals surface area contributed by atoms with Crippen molar-refractivity contribution in [3.8, 4) is 0 Å². The molecule has 1 fully saturated rings. The number of sulfonamides is 1. The fourth-order valence-corrected chi connectivity index (χ4v) is 3.24. The summed E-state index contributed by atoms with van der Waals surface area (Å²) in [5.41, 5.74) is 0.626. The zero-order chi connectivity index (χ0) is 16.9. The molecule has 0 saturated carbocycles. The van der Waals surface area contributed by atoms with E-state index in [1.165, 1.54) is 4.31 Å². The second-order valence-corrected chi connectivity index (χ2v) is 7.65. The number of carbonyl (C=O) groups is 1. The number of piperazine rings is 1. The molecule has 0 atom stereocenters. The molecule has 1 saturated heterocycles. The van der Waals surface area contributed by atoms with Gasteiger partial charge in [-0.05, 0) is 18.7 Å². The molecule has 1 aliphatic heterocycles. The molecule has 1 aromatic heterocycles. The molecule has 1 aromatic rings. The molecule has 2 rings (SSSR count). The van der Waals surface area contributed by atoms with E-state index in [1.807, 2.05) is 0 Å². The average molecular weight is 340 g/mol. The molecule has 1 amide bonds. The monoisotopic (exact) mass is 340 g/mol. The number of hydrogen-bond donors (Lipinski definition) is 0. The van der Waals surface area contributed by atoms with Crippen LogP contribution in [0.1, 0.15) is 12.6 Å². The van der Waals surface area contributed by atoms with Gasteiger partial charge in [0.05, 0.1) is 25.0 Å². The van der Waals surface area contributed by atoms with Gasteiger partial charge in [-0.25, -0.2) is 8.42 Å². The second-order valence-electron chi connectivity index (χ2n) is 5.67. The first-order chi connectivity index (χ1) is 10.9. The summed E-state index contributed by atoms with van der Waals surface area (Å²) in [7, 11) is -3.48. The average Bonchev–Trinajstić information content (AvgIpc) is 2.54. The molecule has 0 aromatic carbocycles. The number of nitrogens with zero attached hydrogens (tertiary/aromatic N) is 4. The van der Waals surface area contributed by atoms with Gasteiger partial charge in [-0.1, -0.05) is 13.0 Å². The third-order valence-electron chi connectivity index (χ3n) is 4.02. The van der Waals surface area contributed by atoms with Gasteiger partial charge < -0.3 is 9.80 Å². The fraction of sp³-hybridized carbons (Fsp3) is 0.600. The van der Waals surface area contributed by atoms with Crippen molar-refractivity contribution < 1.29 is 13.2 Å². The van der Waals surface area contributed by atoms with Gasteiger partial charge in [-0.3, -0.25) is 9.78 Å². The summed E-state index contributed by atoms with van der Waals surface area (Å²) in [6, 6.07) is 5.32. The van der Waals surface area contributed by atoms with Gasteiger partial charge in [-0.15, -0.1) is 0 Å². The van der Waals surface area contributed by atoms with E-state index in [-0.39, 0.29) is 19.0 Å². The van der Waals surface area contributed by atoms with Crippen LogP contribution in [0.2, 0.25) is 0 Å². The van der Waals surface area contributed by atoms with E-state index in [4.69, 9.17) is 0 Å². The number of rotatable bonds is 6. The predicted octanol–water partition coefficient (Wildman–Crippen LogP) is 0.00730. The topological polar surface area (TPSA) is 73.8 Å². The molecular formula is C15H24N4O3S.